The molecule has 5 aromatic rings. The number of nitrogens with zero attached hydrogens (tertiary/aromatic N) is 4. The van der Waals surface area contributed by atoms with E-state index in [2.05, 4.69) is 29.1 Å². The summed E-state index contributed by atoms with van der Waals surface area (Å²) in [7, 11) is 1.78. The second-order valence-electron chi connectivity index (χ2n) is 7.71. The summed E-state index contributed by atoms with van der Waals surface area (Å²) in [4.78, 5) is 8.65. The van der Waals surface area contributed by atoms with Crippen LogP contribution in [-0.2, 0) is 13.7 Å². The highest BCUT2D eigenvalue weighted by atomic mass is 19.1. The lowest BCUT2D eigenvalue weighted by atomic mass is 10.0. The minimum Gasteiger partial charge on any atom is -0.471 e. The molecule has 0 spiro atoms. The highest BCUT2D eigenvalue weighted by molar-refractivity contribution is 5.83. The van der Waals surface area contributed by atoms with Gasteiger partial charge >= 0.3 is 0 Å². The molecular weight excluding hydrogens is 403 g/mol. The quantitative estimate of drug-likeness (QED) is 0.362. The van der Waals surface area contributed by atoms with Crippen molar-refractivity contribution in [1.82, 2.24) is 19.7 Å². The second-order valence-corrected chi connectivity index (χ2v) is 7.71. The summed E-state index contributed by atoms with van der Waals surface area (Å²) >= 11 is 0. The third kappa shape index (κ3) is 3.83. The molecule has 6 heteroatoms. The fourth-order valence-corrected chi connectivity index (χ4v) is 3.78. The fourth-order valence-electron chi connectivity index (χ4n) is 3.78. The van der Waals surface area contributed by atoms with Crippen molar-refractivity contribution in [2.45, 2.75) is 13.5 Å². The van der Waals surface area contributed by atoms with Gasteiger partial charge in [0.25, 0.3) is 0 Å². The Morgan fingerprint density at radius 1 is 1.00 bits per heavy atom. The molecule has 0 saturated carbocycles. The summed E-state index contributed by atoms with van der Waals surface area (Å²) in [5.74, 6) is -0.0262. The number of fused-ring (bicyclic) bond motifs is 1. The second kappa shape index (κ2) is 8.23. The number of ether oxygens (including phenoxy) is 1. The van der Waals surface area contributed by atoms with Gasteiger partial charge in [-0.3, -0.25) is 9.67 Å². The minimum atomic E-state index is -0.409. The van der Waals surface area contributed by atoms with E-state index in [4.69, 9.17) is 9.72 Å². The van der Waals surface area contributed by atoms with E-state index in [-0.39, 0.29) is 0 Å². The van der Waals surface area contributed by atoms with Crippen molar-refractivity contribution in [3.63, 3.8) is 0 Å². The van der Waals surface area contributed by atoms with Crippen molar-refractivity contribution in [1.29, 1.82) is 0 Å². The number of para-hydroxylation sites is 1. The van der Waals surface area contributed by atoms with Crippen LogP contribution in [0, 0.1) is 12.7 Å². The summed E-state index contributed by atoms with van der Waals surface area (Å²) < 4.78 is 21.8. The van der Waals surface area contributed by atoms with Gasteiger partial charge in [-0.2, -0.15) is 0 Å². The first-order chi connectivity index (χ1) is 15.6. The van der Waals surface area contributed by atoms with Gasteiger partial charge in [-0.1, -0.05) is 42.5 Å². The summed E-state index contributed by atoms with van der Waals surface area (Å²) in [6.45, 7) is 2.40. The monoisotopic (exact) mass is 424 g/mol. The number of aryl methyl sites for hydroxylation is 2. The van der Waals surface area contributed by atoms with E-state index in [1.54, 1.807) is 30.2 Å². The van der Waals surface area contributed by atoms with Gasteiger partial charge in [0.1, 0.15) is 12.4 Å². The molecule has 0 N–H and O–H groups in total. The van der Waals surface area contributed by atoms with Crippen molar-refractivity contribution >= 4 is 10.9 Å². The van der Waals surface area contributed by atoms with E-state index in [1.807, 2.05) is 42.5 Å². The van der Waals surface area contributed by atoms with Gasteiger partial charge in [-0.25, -0.2) is 9.37 Å². The van der Waals surface area contributed by atoms with Gasteiger partial charge < -0.3 is 4.74 Å². The summed E-state index contributed by atoms with van der Waals surface area (Å²) in [5, 5.41) is 5.48. The van der Waals surface area contributed by atoms with Crippen molar-refractivity contribution in [3.05, 3.63) is 96.2 Å². The minimum absolute atomic E-state index is 0.321. The molecule has 3 heterocycles. The molecule has 0 atom stereocenters. The highest BCUT2D eigenvalue weighted by Gasteiger charge is 2.15. The fraction of sp³-hybridized carbons (Fsp3) is 0.115. The van der Waals surface area contributed by atoms with E-state index < -0.39 is 5.82 Å². The summed E-state index contributed by atoms with van der Waals surface area (Å²) in [6.07, 6.45) is 4.48. The van der Waals surface area contributed by atoms with Crippen LogP contribution in [-0.4, -0.2) is 19.7 Å². The van der Waals surface area contributed by atoms with Crippen LogP contribution < -0.4 is 4.74 Å². The van der Waals surface area contributed by atoms with Crippen LogP contribution in [0.5, 0.6) is 5.88 Å². The van der Waals surface area contributed by atoms with E-state index in [1.165, 1.54) is 6.20 Å². The predicted octanol–water partition coefficient (Wildman–Crippen LogP) is 5.72. The molecule has 0 aliphatic heterocycles. The van der Waals surface area contributed by atoms with Gasteiger partial charge in [0, 0.05) is 36.0 Å². The Balaban J connectivity index is 1.37. The molecule has 0 saturated heterocycles. The lowest BCUT2D eigenvalue weighted by molar-refractivity contribution is 0.292. The number of hydrogen-bond acceptors (Lipinski definition) is 4. The highest BCUT2D eigenvalue weighted by Crippen LogP contribution is 2.31. The molecule has 3 aromatic heterocycles. The zero-order valence-electron chi connectivity index (χ0n) is 17.8. The molecule has 32 heavy (non-hydrogen) atoms. The van der Waals surface area contributed by atoms with Crippen LogP contribution in [0.3, 0.4) is 0 Å². The molecule has 158 valence electrons. The van der Waals surface area contributed by atoms with Gasteiger partial charge in [-0.15, -0.1) is 5.10 Å². The molecular formula is C26H21FN4O. The Kier molecular flexibility index (Phi) is 5.11. The van der Waals surface area contributed by atoms with Gasteiger partial charge in [0.2, 0.25) is 5.88 Å². The molecule has 0 amide bonds. The zero-order valence-corrected chi connectivity index (χ0v) is 17.8. The summed E-state index contributed by atoms with van der Waals surface area (Å²) in [5.41, 5.74) is 6.12. The largest absolute Gasteiger partial charge is 0.471 e. The van der Waals surface area contributed by atoms with E-state index in [0.717, 1.165) is 33.3 Å². The first-order valence-corrected chi connectivity index (χ1v) is 10.3. The Bertz CT molecular complexity index is 1410. The Morgan fingerprint density at radius 2 is 1.81 bits per heavy atom. The molecule has 0 aliphatic carbocycles. The average molecular weight is 424 g/mol. The number of aromatic nitrogens is 4. The summed E-state index contributed by atoms with van der Waals surface area (Å²) in [6, 6.07) is 20.0. The first-order valence-electron chi connectivity index (χ1n) is 10.3. The lowest BCUT2D eigenvalue weighted by Crippen LogP contribution is -1.98. The predicted molar refractivity (Wildman–Crippen MR) is 123 cm³/mol. The molecule has 0 radical (unpaired) electrons. The normalized spacial score (nSPS) is 11.1. The Morgan fingerprint density at radius 3 is 2.62 bits per heavy atom. The number of pyridine rings is 2. The van der Waals surface area contributed by atoms with Gasteiger partial charge in [0.05, 0.1) is 23.0 Å². The maximum Gasteiger partial charge on any atom is 0.241 e. The first kappa shape index (κ1) is 19.9. The van der Waals surface area contributed by atoms with Crippen molar-refractivity contribution in [2.75, 3.05) is 0 Å². The van der Waals surface area contributed by atoms with Crippen LogP contribution in [0.4, 0.5) is 4.39 Å². The topological polar surface area (TPSA) is 52.8 Å². The molecule has 0 fully saturated rings. The maximum atomic E-state index is 14.2. The molecule has 5 nitrogen and oxygen atoms in total. The number of benzene rings is 2. The van der Waals surface area contributed by atoms with Crippen molar-refractivity contribution in [3.8, 4) is 28.3 Å². The Labute approximate surface area is 185 Å². The van der Waals surface area contributed by atoms with Gasteiger partial charge in [0.15, 0.2) is 0 Å². The zero-order chi connectivity index (χ0) is 22.1. The van der Waals surface area contributed by atoms with Crippen LogP contribution in [0.25, 0.3) is 33.3 Å². The van der Waals surface area contributed by atoms with E-state index in [0.29, 0.717) is 23.6 Å². The molecule has 0 aliphatic rings. The molecule has 5 rings (SSSR count). The van der Waals surface area contributed by atoms with Gasteiger partial charge in [-0.05, 0) is 36.2 Å². The lowest BCUT2D eigenvalue weighted by Gasteiger charge is -2.10. The Hall–Kier alpha value is -4.06. The van der Waals surface area contributed by atoms with Crippen LogP contribution in [0.2, 0.25) is 0 Å². The van der Waals surface area contributed by atoms with E-state index in [9.17, 15) is 4.39 Å². The third-order valence-electron chi connectivity index (χ3n) is 5.37. The average Bonchev–Trinajstić information content (AvgIpc) is 3.18. The van der Waals surface area contributed by atoms with Crippen LogP contribution in [0.15, 0.2) is 79.3 Å². The van der Waals surface area contributed by atoms with E-state index >= 15 is 0 Å². The number of hydrogen-bond donors (Lipinski definition) is 0. The van der Waals surface area contributed by atoms with Crippen molar-refractivity contribution in [2.24, 2.45) is 7.05 Å². The smallest absolute Gasteiger partial charge is 0.241 e. The third-order valence-corrected chi connectivity index (χ3v) is 5.37. The number of halogens is 1. The number of rotatable bonds is 5. The molecule has 0 bridgehead atoms. The maximum absolute atomic E-state index is 14.2. The van der Waals surface area contributed by atoms with Crippen LogP contribution in [0.1, 0.15) is 11.1 Å². The SMILES string of the molecule is Cc1cc2ccccc2nc1-c1ccc(COc2nn(C)cc2-c2ccncc2F)cc1. The standard InChI is InChI=1S/C26H21FN4O/c1-17-13-20-5-3-4-6-24(20)29-25(17)19-9-7-18(8-10-19)16-32-26-22(15-31(2)30-26)21-11-12-28-14-23(21)27/h3-15H,16H2,1-2H3. The van der Waals surface area contributed by atoms with Crippen LogP contribution >= 0.6 is 0 Å². The van der Waals surface area contributed by atoms with Crippen molar-refractivity contribution < 1.29 is 9.13 Å². The molecule has 0 unspecified atom stereocenters. The molecule has 2 aromatic carbocycles.